The Kier molecular flexibility index (Phi) is 19.8. The van der Waals surface area contributed by atoms with E-state index in [4.69, 9.17) is 30.2 Å². The van der Waals surface area contributed by atoms with Crippen LogP contribution in [0.3, 0.4) is 0 Å². The predicted octanol–water partition coefficient (Wildman–Crippen LogP) is 1.39. The van der Waals surface area contributed by atoms with Crippen LogP contribution < -0.4 is 11.1 Å². The molecule has 27 heavy (non-hydrogen) atoms. The third-order valence-corrected chi connectivity index (χ3v) is 3.43. The van der Waals surface area contributed by atoms with Gasteiger partial charge in [0.05, 0.1) is 52.3 Å². The molecule has 0 aromatic carbocycles. The van der Waals surface area contributed by atoms with Gasteiger partial charge in [0, 0.05) is 24.6 Å². The van der Waals surface area contributed by atoms with E-state index in [1.54, 1.807) is 0 Å². The summed E-state index contributed by atoms with van der Waals surface area (Å²) in [6, 6.07) is -0.549. The molecule has 0 spiro atoms. The van der Waals surface area contributed by atoms with Crippen molar-refractivity contribution in [1.29, 1.82) is 0 Å². The number of azide groups is 1. The van der Waals surface area contributed by atoms with Gasteiger partial charge in [-0.1, -0.05) is 18.5 Å². The van der Waals surface area contributed by atoms with Crippen molar-refractivity contribution in [2.75, 3.05) is 65.9 Å². The van der Waals surface area contributed by atoms with Crippen LogP contribution in [0, 0.1) is 0 Å². The number of unbranched alkanes of at least 4 members (excludes halogenated alkanes) is 1. The summed E-state index contributed by atoms with van der Waals surface area (Å²) in [5.74, 6) is -0.196. The molecule has 0 aliphatic carbocycles. The molecule has 0 aromatic rings. The van der Waals surface area contributed by atoms with E-state index < -0.39 is 6.04 Å². The van der Waals surface area contributed by atoms with E-state index in [-0.39, 0.29) is 5.91 Å². The normalized spacial score (nSPS) is 11.8. The van der Waals surface area contributed by atoms with Crippen LogP contribution in [0.2, 0.25) is 0 Å². The minimum Gasteiger partial charge on any atom is -0.379 e. The average Bonchev–Trinajstić information content (AvgIpc) is 2.67. The Balaban J connectivity index is 3.28. The van der Waals surface area contributed by atoms with Gasteiger partial charge in [-0.05, 0) is 24.8 Å². The molecule has 0 unspecified atom stereocenters. The van der Waals surface area contributed by atoms with Gasteiger partial charge in [-0.15, -0.1) is 0 Å². The maximum Gasteiger partial charge on any atom is 0.236 e. The molecule has 0 fully saturated rings. The SMILES string of the molecule is CCCOCCOCCOCCOCCNC(=O)[C@@H](N)CCCCN=[N+]=[N-]. The molecular formula is C17H35N5O5. The molecule has 1 amide bonds. The smallest absolute Gasteiger partial charge is 0.236 e. The van der Waals surface area contributed by atoms with Crippen molar-refractivity contribution in [2.45, 2.75) is 38.6 Å². The molecule has 0 saturated carbocycles. The first-order valence-electron chi connectivity index (χ1n) is 9.57. The van der Waals surface area contributed by atoms with E-state index in [9.17, 15) is 4.79 Å². The van der Waals surface area contributed by atoms with Gasteiger partial charge in [0.1, 0.15) is 0 Å². The molecule has 0 saturated heterocycles. The fraction of sp³-hybridized carbons (Fsp3) is 0.941. The first-order chi connectivity index (χ1) is 13.2. The maximum absolute atomic E-state index is 11.8. The van der Waals surface area contributed by atoms with Crippen LogP contribution in [-0.4, -0.2) is 77.9 Å². The number of carbonyl (C=O) groups excluding carboxylic acids is 1. The second-order valence-corrected chi connectivity index (χ2v) is 5.80. The summed E-state index contributed by atoms with van der Waals surface area (Å²) in [4.78, 5) is 14.4. The molecule has 1 atom stereocenters. The lowest BCUT2D eigenvalue weighted by molar-refractivity contribution is -0.122. The highest BCUT2D eigenvalue weighted by Gasteiger charge is 2.11. The zero-order valence-corrected chi connectivity index (χ0v) is 16.4. The minimum absolute atomic E-state index is 0.196. The van der Waals surface area contributed by atoms with Gasteiger partial charge in [0.25, 0.3) is 0 Å². The van der Waals surface area contributed by atoms with Crippen molar-refractivity contribution in [3.05, 3.63) is 10.4 Å². The van der Waals surface area contributed by atoms with Crippen molar-refractivity contribution >= 4 is 5.91 Å². The largest absolute Gasteiger partial charge is 0.379 e. The van der Waals surface area contributed by atoms with Gasteiger partial charge in [0.15, 0.2) is 0 Å². The fourth-order valence-electron chi connectivity index (χ4n) is 2.01. The molecule has 0 radical (unpaired) electrons. The van der Waals surface area contributed by atoms with Crippen LogP contribution in [-0.2, 0) is 23.7 Å². The second-order valence-electron chi connectivity index (χ2n) is 5.80. The highest BCUT2D eigenvalue weighted by molar-refractivity contribution is 5.81. The number of nitrogens with zero attached hydrogens (tertiary/aromatic N) is 3. The molecule has 0 heterocycles. The standard InChI is InChI=1S/C17H35N5O5/c1-2-8-24-10-12-26-14-15-27-13-11-25-9-7-20-17(23)16(18)5-3-4-6-21-22-19/h16H,2-15,18H2,1H3,(H,20,23)/t16-/m0/s1. The van der Waals surface area contributed by atoms with Gasteiger partial charge in [-0.3, -0.25) is 4.79 Å². The van der Waals surface area contributed by atoms with E-state index in [1.807, 2.05) is 0 Å². The van der Waals surface area contributed by atoms with Crippen LogP contribution in [0.5, 0.6) is 0 Å². The molecule has 10 nitrogen and oxygen atoms in total. The van der Waals surface area contributed by atoms with Crippen molar-refractivity contribution in [1.82, 2.24) is 5.32 Å². The number of hydrogen-bond acceptors (Lipinski definition) is 7. The Morgan fingerprint density at radius 3 is 2.11 bits per heavy atom. The van der Waals surface area contributed by atoms with E-state index in [1.165, 1.54) is 0 Å². The molecule has 10 heteroatoms. The Morgan fingerprint density at radius 1 is 1.00 bits per heavy atom. The molecular weight excluding hydrogens is 354 g/mol. The first-order valence-corrected chi connectivity index (χ1v) is 9.57. The lowest BCUT2D eigenvalue weighted by Gasteiger charge is -2.12. The maximum atomic E-state index is 11.8. The quantitative estimate of drug-likeness (QED) is 0.139. The molecule has 0 rings (SSSR count). The second kappa shape index (κ2) is 20.9. The molecule has 0 aliphatic rings. The van der Waals surface area contributed by atoms with E-state index in [0.29, 0.717) is 65.8 Å². The van der Waals surface area contributed by atoms with Crippen molar-refractivity contribution in [2.24, 2.45) is 10.8 Å². The third-order valence-electron chi connectivity index (χ3n) is 3.43. The van der Waals surface area contributed by atoms with Crippen molar-refractivity contribution in [3.63, 3.8) is 0 Å². The topological polar surface area (TPSA) is 141 Å². The first kappa shape index (κ1) is 25.6. The predicted molar refractivity (Wildman–Crippen MR) is 102 cm³/mol. The van der Waals surface area contributed by atoms with Gasteiger partial charge in [-0.25, -0.2) is 0 Å². The molecule has 0 aliphatic heterocycles. The van der Waals surface area contributed by atoms with Gasteiger partial charge in [-0.2, -0.15) is 0 Å². The highest BCUT2D eigenvalue weighted by Crippen LogP contribution is 1.99. The number of ether oxygens (including phenoxy) is 4. The van der Waals surface area contributed by atoms with Gasteiger partial charge < -0.3 is 30.0 Å². The van der Waals surface area contributed by atoms with Gasteiger partial charge in [0.2, 0.25) is 5.91 Å². The minimum atomic E-state index is -0.549. The average molecular weight is 389 g/mol. The lowest BCUT2D eigenvalue weighted by atomic mass is 10.1. The van der Waals surface area contributed by atoms with Crippen LogP contribution in [0.15, 0.2) is 5.11 Å². The number of nitrogens with two attached hydrogens (primary N) is 1. The summed E-state index contributed by atoms with van der Waals surface area (Å²) in [7, 11) is 0. The molecule has 158 valence electrons. The molecule has 0 bridgehead atoms. The van der Waals surface area contributed by atoms with E-state index >= 15 is 0 Å². The van der Waals surface area contributed by atoms with E-state index in [2.05, 4.69) is 22.3 Å². The summed E-state index contributed by atoms with van der Waals surface area (Å²) in [5.41, 5.74) is 13.9. The summed E-state index contributed by atoms with van der Waals surface area (Å²) >= 11 is 0. The fourth-order valence-corrected chi connectivity index (χ4v) is 2.01. The Hall–Kier alpha value is -1.42. The lowest BCUT2D eigenvalue weighted by Crippen LogP contribution is -2.41. The number of amides is 1. The highest BCUT2D eigenvalue weighted by atomic mass is 16.6. The van der Waals surface area contributed by atoms with Crippen LogP contribution in [0.25, 0.3) is 10.4 Å². The van der Waals surface area contributed by atoms with Crippen LogP contribution in [0.1, 0.15) is 32.6 Å². The van der Waals surface area contributed by atoms with Crippen molar-refractivity contribution < 1.29 is 23.7 Å². The van der Waals surface area contributed by atoms with E-state index in [0.717, 1.165) is 25.9 Å². The Labute approximate surface area is 161 Å². The number of rotatable bonds is 20. The summed E-state index contributed by atoms with van der Waals surface area (Å²) in [5, 5.41) is 6.16. The number of nitrogens with one attached hydrogen (secondary N) is 1. The Morgan fingerprint density at radius 2 is 1.56 bits per heavy atom. The monoisotopic (exact) mass is 389 g/mol. The molecule has 3 N–H and O–H groups in total. The zero-order valence-electron chi connectivity index (χ0n) is 16.4. The number of carbonyl (C=O) groups is 1. The van der Waals surface area contributed by atoms with Crippen LogP contribution in [0.4, 0.5) is 0 Å². The van der Waals surface area contributed by atoms with Crippen molar-refractivity contribution in [3.8, 4) is 0 Å². The number of hydrogen-bond donors (Lipinski definition) is 2. The molecule has 0 aromatic heterocycles. The zero-order chi connectivity index (χ0) is 20.0. The summed E-state index contributed by atoms with van der Waals surface area (Å²) in [6.07, 6.45) is 3.05. The van der Waals surface area contributed by atoms with Crippen LogP contribution >= 0.6 is 0 Å². The third kappa shape index (κ3) is 19.2. The summed E-state index contributed by atoms with van der Waals surface area (Å²) in [6.45, 7) is 7.26. The Bertz CT molecular complexity index is 394. The summed E-state index contributed by atoms with van der Waals surface area (Å²) < 4.78 is 21.4. The van der Waals surface area contributed by atoms with Gasteiger partial charge >= 0.3 is 0 Å².